The van der Waals surface area contributed by atoms with Gasteiger partial charge in [0.05, 0.1) is 17.8 Å². The number of aromatic nitrogens is 2. The third-order valence-electron chi connectivity index (χ3n) is 2.77. The van der Waals surface area contributed by atoms with E-state index in [-0.39, 0.29) is 6.04 Å². The Balaban J connectivity index is 2.18. The average molecular weight is 231 g/mol. The van der Waals surface area contributed by atoms with Crippen molar-refractivity contribution in [3.05, 3.63) is 47.8 Å². The lowest BCUT2D eigenvalue weighted by Gasteiger charge is -2.18. The molecule has 0 bridgehead atoms. The number of hydrogen-bond acceptors (Lipinski definition) is 3. The van der Waals surface area contributed by atoms with Gasteiger partial charge in [0.25, 0.3) is 0 Å². The van der Waals surface area contributed by atoms with E-state index in [1.165, 1.54) is 0 Å². The van der Waals surface area contributed by atoms with Gasteiger partial charge in [0, 0.05) is 17.4 Å². The minimum absolute atomic E-state index is 0.123. The molecule has 2 rings (SSSR count). The molecule has 0 saturated heterocycles. The Kier molecular flexibility index (Phi) is 3.44. The van der Waals surface area contributed by atoms with Crippen molar-refractivity contribution in [2.75, 3.05) is 5.32 Å². The standard InChI is InChI=1S/C13H17N3O/c1-9(12-7-8-14-16-12)15-13-6-4-3-5-11(13)10(2)17/h3-10,15,17H,1-2H3,(H,14,16). The molecule has 3 N–H and O–H groups in total. The first-order valence-corrected chi connectivity index (χ1v) is 5.71. The van der Waals surface area contributed by atoms with Gasteiger partial charge in [-0.1, -0.05) is 18.2 Å². The highest BCUT2D eigenvalue weighted by atomic mass is 16.3. The first-order chi connectivity index (χ1) is 8.18. The van der Waals surface area contributed by atoms with Gasteiger partial charge in [0.15, 0.2) is 0 Å². The molecule has 0 spiro atoms. The van der Waals surface area contributed by atoms with Gasteiger partial charge in [-0.15, -0.1) is 0 Å². The van der Waals surface area contributed by atoms with E-state index in [0.717, 1.165) is 16.9 Å². The summed E-state index contributed by atoms with van der Waals surface area (Å²) in [6.07, 6.45) is 1.25. The third-order valence-corrected chi connectivity index (χ3v) is 2.77. The summed E-state index contributed by atoms with van der Waals surface area (Å²) in [7, 11) is 0. The van der Waals surface area contributed by atoms with Gasteiger partial charge in [0.2, 0.25) is 0 Å². The predicted octanol–water partition coefficient (Wildman–Crippen LogP) is 2.64. The fourth-order valence-electron chi connectivity index (χ4n) is 1.81. The number of aromatic amines is 1. The second-order valence-electron chi connectivity index (χ2n) is 4.14. The van der Waals surface area contributed by atoms with Crippen molar-refractivity contribution in [1.29, 1.82) is 0 Å². The van der Waals surface area contributed by atoms with Gasteiger partial charge in [-0.2, -0.15) is 5.10 Å². The van der Waals surface area contributed by atoms with Crippen LogP contribution in [0.4, 0.5) is 5.69 Å². The lowest BCUT2D eigenvalue weighted by molar-refractivity contribution is 0.200. The van der Waals surface area contributed by atoms with Gasteiger partial charge in [0.1, 0.15) is 0 Å². The maximum absolute atomic E-state index is 9.69. The maximum atomic E-state index is 9.69. The number of para-hydroxylation sites is 1. The molecule has 1 aromatic heterocycles. The van der Waals surface area contributed by atoms with Gasteiger partial charge in [-0.05, 0) is 26.0 Å². The highest BCUT2D eigenvalue weighted by Gasteiger charge is 2.11. The van der Waals surface area contributed by atoms with E-state index in [1.807, 2.05) is 37.3 Å². The quantitative estimate of drug-likeness (QED) is 0.758. The summed E-state index contributed by atoms with van der Waals surface area (Å²) in [5.74, 6) is 0. The van der Waals surface area contributed by atoms with Gasteiger partial charge >= 0.3 is 0 Å². The molecule has 90 valence electrons. The molecule has 4 heteroatoms. The minimum Gasteiger partial charge on any atom is -0.389 e. The second kappa shape index (κ2) is 5.01. The molecule has 2 unspecified atom stereocenters. The van der Waals surface area contributed by atoms with Crippen LogP contribution in [0.15, 0.2) is 36.5 Å². The Hall–Kier alpha value is -1.81. The summed E-state index contributed by atoms with van der Waals surface area (Å²) < 4.78 is 0. The van der Waals surface area contributed by atoms with Crippen LogP contribution < -0.4 is 5.32 Å². The SMILES string of the molecule is CC(O)c1ccccc1NC(C)c1ccn[nH]1. The average Bonchev–Trinajstić information content (AvgIpc) is 2.83. The Labute approximate surface area is 101 Å². The number of nitrogens with one attached hydrogen (secondary N) is 2. The third kappa shape index (κ3) is 2.65. The van der Waals surface area contributed by atoms with Crippen molar-refractivity contribution in [2.24, 2.45) is 0 Å². The number of hydrogen-bond donors (Lipinski definition) is 3. The number of aliphatic hydroxyl groups is 1. The van der Waals surface area contributed by atoms with Crippen LogP contribution in [0, 0.1) is 0 Å². The molecule has 0 aliphatic heterocycles. The normalized spacial score (nSPS) is 14.3. The zero-order valence-electron chi connectivity index (χ0n) is 10.0. The van der Waals surface area contributed by atoms with Gasteiger partial charge in [-0.25, -0.2) is 0 Å². The lowest BCUT2D eigenvalue weighted by atomic mass is 10.1. The van der Waals surface area contributed by atoms with Gasteiger partial charge < -0.3 is 10.4 Å². The number of H-pyrrole nitrogens is 1. The van der Waals surface area contributed by atoms with Crippen molar-refractivity contribution >= 4 is 5.69 Å². The van der Waals surface area contributed by atoms with E-state index >= 15 is 0 Å². The smallest absolute Gasteiger partial charge is 0.0781 e. The topological polar surface area (TPSA) is 60.9 Å². The summed E-state index contributed by atoms with van der Waals surface area (Å²) in [4.78, 5) is 0. The summed E-state index contributed by atoms with van der Waals surface area (Å²) in [6, 6.07) is 9.82. The molecule has 2 atom stereocenters. The summed E-state index contributed by atoms with van der Waals surface area (Å²) in [5.41, 5.74) is 2.87. The molecular formula is C13H17N3O. The van der Waals surface area contributed by atoms with Crippen LogP contribution in [0.1, 0.15) is 37.3 Å². The van der Waals surface area contributed by atoms with Crippen molar-refractivity contribution in [3.63, 3.8) is 0 Å². The molecule has 1 aromatic carbocycles. The molecule has 17 heavy (non-hydrogen) atoms. The largest absolute Gasteiger partial charge is 0.389 e. The minimum atomic E-state index is -0.479. The van der Waals surface area contributed by atoms with Crippen molar-refractivity contribution in [2.45, 2.75) is 26.0 Å². The van der Waals surface area contributed by atoms with Crippen LogP contribution in [0.3, 0.4) is 0 Å². The van der Waals surface area contributed by atoms with Crippen LogP contribution in [0.2, 0.25) is 0 Å². The highest BCUT2D eigenvalue weighted by Crippen LogP contribution is 2.25. The van der Waals surface area contributed by atoms with E-state index in [0.29, 0.717) is 0 Å². The summed E-state index contributed by atoms with van der Waals surface area (Å²) in [5, 5.41) is 19.9. The number of anilines is 1. The molecule has 0 saturated carbocycles. The van der Waals surface area contributed by atoms with E-state index < -0.39 is 6.10 Å². The first-order valence-electron chi connectivity index (χ1n) is 5.71. The zero-order valence-corrected chi connectivity index (χ0v) is 10.0. The van der Waals surface area contributed by atoms with Gasteiger partial charge in [-0.3, -0.25) is 5.10 Å². The Bertz CT molecular complexity index is 465. The van der Waals surface area contributed by atoms with Crippen LogP contribution in [0.25, 0.3) is 0 Å². The van der Waals surface area contributed by atoms with Crippen molar-refractivity contribution < 1.29 is 5.11 Å². The summed E-state index contributed by atoms with van der Waals surface area (Å²) >= 11 is 0. The Morgan fingerprint density at radius 3 is 2.65 bits per heavy atom. The number of aliphatic hydroxyl groups excluding tert-OH is 1. The fraction of sp³-hybridized carbons (Fsp3) is 0.308. The molecule has 0 amide bonds. The Morgan fingerprint density at radius 1 is 1.24 bits per heavy atom. The monoisotopic (exact) mass is 231 g/mol. The van der Waals surface area contributed by atoms with Crippen LogP contribution in [0.5, 0.6) is 0 Å². The molecular weight excluding hydrogens is 214 g/mol. The van der Waals surface area contributed by atoms with E-state index in [9.17, 15) is 5.11 Å². The number of nitrogens with zero attached hydrogens (tertiary/aromatic N) is 1. The van der Waals surface area contributed by atoms with Crippen LogP contribution >= 0.6 is 0 Å². The highest BCUT2D eigenvalue weighted by molar-refractivity contribution is 5.53. The number of benzene rings is 1. The maximum Gasteiger partial charge on any atom is 0.0781 e. The van der Waals surface area contributed by atoms with Crippen LogP contribution in [-0.2, 0) is 0 Å². The molecule has 0 fully saturated rings. The molecule has 1 heterocycles. The lowest BCUT2D eigenvalue weighted by Crippen LogP contribution is -2.09. The molecule has 4 nitrogen and oxygen atoms in total. The predicted molar refractivity (Wildman–Crippen MR) is 67.7 cm³/mol. The molecule has 0 radical (unpaired) electrons. The summed E-state index contributed by atoms with van der Waals surface area (Å²) in [6.45, 7) is 3.81. The van der Waals surface area contributed by atoms with E-state index in [1.54, 1.807) is 13.1 Å². The van der Waals surface area contributed by atoms with Crippen molar-refractivity contribution in [1.82, 2.24) is 10.2 Å². The van der Waals surface area contributed by atoms with E-state index in [4.69, 9.17) is 0 Å². The number of rotatable bonds is 4. The van der Waals surface area contributed by atoms with Crippen LogP contribution in [-0.4, -0.2) is 15.3 Å². The second-order valence-corrected chi connectivity index (χ2v) is 4.14. The molecule has 2 aromatic rings. The zero-order chi connectivity index (χ0) is 12.3. The fourth-order valence-corrected chi connectivity index (χ4v) is 1.81. The van der Waals surface area contributed by atoms with Crippen molar-refractivity contribution in [3.8, 4) is 0 Å². The molecule has 0 aliphatic rings. The van der Waals surface area contributed by atoms with E-state index in [2.05, 4.69) is 15.5 Å². The first kappa shape index (κ1) is 11.7. The Morgan fingerprint density at radius 2 is 2.00 bits per heavy atom. The molecule has 0 aliphatic carbocycles.